The van der Waals surface area contributed by atoms with Gasteiger partial charge in [-0.2, -0.15) is 0 Å². The fourth-order valence-electron chi connectivity index (χ4n) is 4.62. The summed E-state index contributed by atoms with van der Waals surface area (Å²) in [6.07, 6.45) is 0. The van der Waals surface area contributed by atoms with E-state index in [2.05, 4.69) is 40.2 Å². The highest BCUT2D eigenvalue weighted by atomic mass is 16.5. The van der Waals surface area contributed by atoms with Crippen molar-refractivity contribution < 1.29 is 14.1 Å². The molecule has 162 valence electrons. The zero-order valence-electron chi connectivity index (χ0n) is 18.1. The van der Waals surface area contributed by atoms with Gasteiger partial charge in [0, 0.05) is 43.0 Å². The van der Waals surface area contributed by atoms with E-state index in [0.29, 0.717) is 30.1 Å². The molecule has 1 aliphatic carbocycles. The Morgan fingerprint density at radius 1 is 1.13 bits per heavy atom. The summed E-state index contributed by atoms with van der Waals surface area (Å²) in [6, 6.07) is 9.70. The number of morpholine rings is 1. The molecule has 1 saturated heterocycles. The maximum atomic E-state index is 13.6. The van der Waals surface area contributed by atoms with E-state index in [0.717, 1.165) is 67.1 Å². The van der Waals surface area contributed by atoms with Gasteiger partial charge in [-0.3, -0.25) is 4.79 Å². The molecular formula is C24H28N4O3. The number of nitrogens with zero attached hydrogens (tertiary/aromatic N) is 3. The second-order valence-electron chi connectivity index (χ2n) is 7.98. The molecule has 7 heteroatoms. The van der Waals surface area contributed by atoms with Crippen LogP contribution in [0.4, 0.5) is 11.4 Å². The van der Waals surface area contributed by atoms with Crippen molar-refractivity contribution in [1.82, 2.24) is 10.1 Å². The van der Waals surface area contributed by atoms with Crippen molar-refractivity contribution in [2.45, 2.75) is 13.8 Å². The molecule has 1 fully saturated rings. The van der Waals surface area contributed by atoms with Gasteiger partial charge in [-0.05, 0) is 19.2 Å². The molecule has 2 aromatic carbocycles. The highest BCUT2D eigenvalue weighted by molar-refractivity contribution is 6.28. The first-order chi connectivity index (χ1) is 15.2. The largest absolute Gasteiger partial charge is 0.383 e. The van der Waals surface area contributed by atoms with Crippen LogP contribution < -0.4 is 10.2 Å². The molecule has 2 heterocycles. The third-order valence-corrected chi connectivity index (χ3v) is 6.37. The molecule has 2 aliphatic rings. The number of carbonyl (C=O) groups is 1. The summed E-state index contributed by atoms with van der Waals surface area (Å²) in [5.74, 6) is 0.706. The third-order valence-electron chi connectivity index (χ3n) is 6.37. The predicted octanol–water partition coefficient (Wildman–Crippen LogP) is 3.63. The number of likely N-dealkylation sites (N-methyl/N-ethyl adjacent to an activating group) is 1. The first-order valence-electron chi connectivity index (χ1n) is 11.1. The van der Waals surface area contributed by atoms with Crippen LogP contribution in [0.2, 0.25) is 0 Å². The highest BCUT2D eigenvalue weighted by Crippen LogP contribution is 2.45. The van der Waals surface area contributed by atoms with Crippen LogP contribution in [0.1, 0.15) is 29.8 Å². The van der Waals surface area contributed by atoms with E-state index in [1.54, 1.807) is 0 Å². The normalized spacial score (nSPS) is 15.6. The molecular weight excluding hydrogens is 392 g/mol. The molecule has 0 spiro atoms. The number of aromatic nitrogens is 1. The van der Waals surface area contributed by atoms with E-state index in [1.165, 1.54) is 0 Å². The summed E-state index contributed by atoms with van der Waals surface area (Å²) in [5.41, 5.74) is 4.75. The summed E-state index contributed by atoms with van der Waals surface area (Å²) in [7, 11) is 0. The smallest absolute Gasteiger partial charge is 0.196 e. The fraction of sp³-hybridized carbons (Fsp3) is 0.417. The maximum Gasteiger partial charge on any atom is 0.196 e. The third kappa shape index (κ3) is 3.38. The van der Waals surface area contributed by atoms with Crippen LogP contribution in [-0.2, 0) is 4.74 Å². The van der Waals surface area contributed by atoms with Crippen LogP contribution in [0.25, 0.3) is 22.2 Å². The lowest BCUT2D eigenvalue weighted by atomic mass is 9.86. The van der Waals surface area contributed by atoms with E-state index in [9.17, 15) is 4.79 Å². The van der Waals surface area contributed by atoms with Crippen LogP contribution in [-0.4, -0.2) is 68.3 Å². The van der Waals surface area contributed by atoms with Crippen molar-refractivity contribution in [1.29, 1.82) is 0 Å². The highest BCUT2D eigenvalue weighted by Gasteiger charge is 2.33. The van der Waals surface area contributed by atoms with Crippen molar-refractivity contribution in [3.63, 3.8) is 0 Å². The van der Waals surface area contributed by atoms with E-state index in [-0.39, 0.29) is 5.78 Å². The summed E-state index contributed by atoms with van der Waals surface area (Å²) in [6.45, 7) is 11.0. The number of ether oxygens (including phenoxy) is 1. The van der Waals surface area contributed by atoms with E-state index >= 15 is 0 Å². The SMILES string of the molecule is CCN(CC)CCNc1cc(N2CCOCC2)c2noc3c2c1C(=O)c1ccccc1-3. The lowest BCUT2D eigenvalue weighted by Gasteiger charge is -2.30. The van der Waals surface area contributed by atoms with Crippen molar-refractivity contribution in [2.24, 2.45) is 0 Å². The quantitative estimate of drug-likeness (QED) is 0.490. The Morgan fingerprint density at radius 2 is 1.87 bits per heavy atom. The number of ketones is 1. The van der Waals surface area contributed by atoms with Crippen molar-refractivity contribution in [3.05, 3.63) is 41.5 Å². The first-order valence-corrected chi connectivity index (χ1v) is 11.1. The molecule has 0 bridgehead atoms. The monoisotopic (exact) mass is 420 g/mol. The van der Waals surface area contributed by atoms with Gasteiger partial charge < -0.3 is 24.4 Å². The number of nitrogens with one attached hydrogen (secondary N) is 1. The summed E-state index contributed by atoms with van der Waals surface area (Å²) < 4.78 is 11.4. The Labute approximate surface area is 181 Å². The van der Waals surface area contributed by atoms with Gasteiger partial charge in [-0.25, -0.2) is 0 Å². The van der Waals surface area contributed by atoms with Crippen molar-refractivity contribution in [3.8, 4) is 11.3 Å². The van der Waals surface area contributed by atoms with Gasteiger partial charge in [-0.15, -0.1) is 0 Å². The molecule has 0 atom stereocenters. The van der Waals surface area contributed by atoms with Gasteiger partial charge in [0.05, 0.1) is 29.9 Å². The molecule has 1 N–H and O–H groups in total. The molecule has 5 rings (SSSR count). The summed E-state index contributed by atoms with van der Waals surface area (Å²) >= 11 is 0. The second-order valence-corrected chi connectivity index (χ2v) is 7.98. The average molecular weight is 421 g/mol. The minimum Gasteiger partial charge on any atom is -0.383 e. The van der Waals surface area contributed by atoms with E-state index in [1.807, 2.05) is 24.3 Å². The van der Waals surface area contributed by atoms with Crippen LogP contribution in [0.5, 0.6) is 0 Å². The maximum absolute atomic E-state index is 13.6. The predicted molar refractivity (Wildman–Crippen MR) is 122 cm³/mol. The Morgan fingerprint density at radius 3 is 2.61 bits per heavy atom. The summed E-state index contributed by atoms with van der Waals surface area (Å²) in [4.78, 5) is 18.2. The van der Waals surface area contributed by atoms with Gasteiger partial charge in [-0.1, -0.05) is 43.3 Å². The molecule has 0 amide bonds. The van der Waals surface area contributed by atoms with Crippen LogP contribution >= 0.6 is 0 Å². The minimum atomic E-state index is 0.0233. The zero-order chi connectivity index (χ0) is 21.4. The molecule has 3 aromatic rings. The Hall–Kier alpha value is -2.90. The Balaban J connectivity index is 1.63. The Bertz CT molecular complexity index is 1110. The Kier molecular flexibility index (Phi) is 5.38. The number of fused-ring (bicyclic) bond motifs is 2. The average Bonchev–Trinajstić information content (AvgIpc) is 3.26. The van der Waals surface area contributed by atoms with Gasteiger partial charge in [0.2, 0.25) is 0 Å². The number of hydrogen-bond donors (Lipinski definition) is 1. The standard InChI is InChI=1S/C24H28N4O3/c1-3-27(4-2)10-9-25-18-15-19(28-11-13-30-14-12-28)22-21-20(18)23(29)16-7-5-6-8-17(16)24(21)31-26-22/h5-8,15,25H,3-4,9-14H2,1-2H3. The zero-order valence-corrected chi connectivity index (χ0v) is 18.1. The lowest BCUT2D eigenvalue weighted by molar-refractivity contribution is 0.104. The molecule has 31 heavy (non-hydrogen) atoms. The fourth-order valence-corrected chi connectivity index (χ4v) is 4.62. The van der Waals surface area contributed by atoms with E-state index in [4.69, 9.17) is 9.26 Å². The minimum absolute atomic E-state index is 0.0233. The van der Waals surface area contributed by atoms with Crippen molar-refractivity contribution in [2.75, 3.05) is 62.7 Å². The summed E-state index contributed by atoms with van der Waals surface area (Å²) in [5, 5.41) is 8.80. The lowest BCUT2D eigenvalue weighted by Crippen LogP contribution is -2.36. The molecule has 0 saturated carbocycles. The molecule has 1 aromatic heterocycles. The molecule has 1 aliphatic heterocycles. The number of benzene rings is 2. The number of rotatable bonds is 7. The van der Waals surface area contributed by atoms with Crippen LogP contribution in [0.15, 0.2) is 34.9 Å². The van der Waals surface area contributed by atoms with Crippen LogP contribution in [0, 0.1) is 0 Å². The van der Waals surface area contributed by atoms with Gasteiger partial charge >= 0.3 is 0 Å². The molecule has 7 nitrogen and oxygen atoms in total. The molecule has 0 unspecified atom stereocenters. The van der Waals surface area contributed by atoms with Crippen molar-refractivity contribution >= 4 is 28.1 Å². The second kappa shape index (κ2) is 8.32. The van der Waals surface area contributed by atoms with E-state index < -0.39 is 0 Å². The number of carbonyl (C=O) groups excluding carboxylic acids is 1. The molecule has 0 radical (unpaired) electrons. The topological polar surface area (TPSA) is 70.8 Å². The van der Waals surface area contributed by atoms with Gasteiger partial charge in [0.25, 0.3) is 0 Å². The van der Waals surface area contributed by atoms with Gasteiger partial charge in [0.15, 0.2) is 11.5 Å². The van der Waals surface area contributed by atoms with Gasteiger partial charge in [0.1, 0.15) is 5.52 Å². The van der Waals surface area contributed by atoms with Crippen LogP contribution in [0.3, 0.4) is 0 Å². The number of anilines is 2. The number of hydrogen-bond acceptors (Lipinski definition) is 7. The first kappa shape index (κ1) is 20.0.